The van der Waals surface area contributed by atoms with Crippen molar-refractivity contribution < 1.29 is 22.7 Å². The summed E-state index contributed by atoms with van der Waals surface area (Å²) < 4.78 is 32.8. The van der Waals surface area contributed by atoms with Crippen molar-refractivity contribution in [1.82, 2.24) is 10.2 Å². The summed E-state index contributed by atoms with van der Waals surface area (Å²) in [7, 11) is -2.37. The Labute approximate surface area is 257 Å². The third kappa shape index (κ3) is 9.07. The van der Waals surface area contributed by atoms with Crippen LogP contribution in [0.5, 0.6) is 5.75 Å². The number of hydrogen-bond acceptors (Lipinski definition) is 5. The number of benzene rings is 4. The molecule has 0 spiro atoms. The molecular formula is C33H34ClN3O5S. The summed E-state index contributed by atoms with van der Waals surface area (Å²) in [6.45, 7) is -0.0693. The van der Waals surface area contributed by atoms with Crippen molar-refractivity contribution in [3.05, 3.63) is 131 Å². The zero-order valence-electron chi connectivity index (χ0n) is 24.0. The SMILES string of the molecule is CNC(=O)C(Cc1ccccc1)N(Cc1ccc(Cl)cc1)C(=O)CN(c1ccc(OCc2ccccc2)cc1)S(C)(=O)=O. The van der Waals surface area contributed by atoms with E-state index in [4.69, 9.17) is 16.3 Å². The predicted molar refractivity (Wildman–Crippen MR) is 169 cm³/mol. The van der Waals surface area contributed by atoms with Gasteiger partial charge in [-0.05, 0) is 53.1 Å². The standard InChI is InChI=1S/C33H34ClN3O5S/c1-35-33(39)31(21-25-9-5-3-6-10-25)36(22-26-13-15-28(34)16-14-26)32(38)23-37(43(2,40)41)29-17-19-30(20-18-29)42-24-27-11-7-4-8-12-27/h3-20,31H,21-24H2,1-2H3,(H,35,39). The van der Waals surface area contributed by atoms with Crippen LogP contribution in [0, 0.1) is 0 Å². The molecule has 0 aliphatic rings. The van der Waals surface area contributed by atoms with Crippen LogP contribution >= 0.6 is 11.6 Å². The quantitative estimate of drug-likeness (QED) is 0.225. The Morgan fingerprint density at radius 3 is 1.95 bits per heavy atom. The monoisotopic (exact) mass is 619 g/mol. The van der Waals surface area contributed by atoms with Crippen molar-refractivity contribution in [2.24, 2.45) is 0 Å². The smallest absolute Gasteiger partial charge is 0.244 e. The van der Waals surface area contributed by atoms with E-state index in [9.17, 15) is 18.0 Å². The largest absolute Gasteiger partial charge is 0.489 e. The van der Waals surface area contributed by atoms with Crippen LogP contribution in [-0.4, -0.2) is 51.0 Å². The summed E-state index contributed by atoms with van der Waals surface area (Å²) in [4.78, 5) is 28.6. The number of nitrogens with zero attached hydrogens (tertiary/aromatic N) is 2. The summed E-state index contributed by atoms with van der Waals surface area (Å²) >= 11 is 6.08. The van der Waals surface area contributed by atoms with Crippen molar-refractivity contribution in [3.63, 3.8) is 0 Å². The van der Waals surface area contributed by atoms with Crippen LogP contribution in [0.25, 0.3) is 0 Å². The molecule has 10 heteroatoms. The Morgan fingerprint density at radius 1 is 0.814 bits per heavy atom. The van der Waals surface area contributed by atoms with Gasteiger partial charge in [0.05, 0.1) is 11.9 Å². The predicted octanol–water partition coefficient (Wildman–Crippen LogP) is 5.07. The Bertz CT molecular complexity index is 1600. The molecule has 0 saturated carbocycles. The second kappa shape index (κ2) is 14.7. The lowest BCUT2D eigenvalue weighted by atomic mass is 10.0. The molecular weight excluding hydrogens is 586 g/mol. The summed E-state index contributed by atoms with van der Waals surface area (Å²) in [5, 5.41) is 3.20. The minimum absolute atomic E-state index is 0.0742. The lowest BCUT2D eigenvalue weighted by Gasteiger charge is -2.33. The Hall–Kier alpha value is -4.34. The topological polar surface area (TPSA) is 96.0 Å². The number of carbonyl (C=O) groups is 2. The van der Waals surface area contributed by atoms with E-state index >= 15 is 0 Å². The number of sulfonamides is 1. The van der Waals surface area contributed by atoms with Crippen molar-refractivity contribution in [2.75, 3.05) is 24.2 Å². The van der Waals surface area contributed by atoms with Gasteiger partial charge in [-0.3, -0.25) is 13.9 Å². The van der Waals surface area contributed by atoms with Gasteiger partial charge in [-0.25, -0.2) is 8.42 Å². The number of halogens is 1. The molecule has 0 aliphatic carbocycles. The Morgan fingerprint density at radius 2 is 1.40 bits per heavy atom. The Kier molecular flexibility index (Phi) is 10.8. The summed E-state index contributed by atoms with van der Waals surface area (Å²) in [6.07, 6.45) is 1.29. The van der Waals surface area contributed by atoms with Crippen LogP contribution in [-0.2, 0) is 39.2 Å². The molecule has 4 rings (SSSR count). The van der Waals surface area contributed by atoms with Crippen LogP contribution in [0.2, 0.25) is 5.02 Å². The summed E-state index contributed by atoms with van der Waals surface area (Å²) in [5.41, 5.74) is 2.90. The van der Waals surface area contributed by atoms with Gasteiger partial charge in [0, 0.05) is 25.0 Å². The number of nitrogens with one attached hydrogen (secondary N) is 1. The molecule has 43 heavy (non-hydrogen) atoms. The average molecular weight is 620 g/mol. The second-order valence-corrected chi connectivity index (χ2v) is 12.3. The van der Waals surface area contributed by atoms with Crippen molar-refractivity contribution in [3.8, 4) is 5.75 Å². The molecule has 1 atom stereocenters. The van der Waals surface area contributed by atoms with Gasteiger partial charge in [0.15, 0.2) is 0 Å². The lowest BCUT2D eigenvalue weighted by Crippen LogP contribution is -2.52. The first kappa shape index (κ1) is 31.6. The lowest BCUT2D eigenvalue weighted by molar-refractivity contribution is -0.139. The first-order valence-electron chi connectivity index (χ1n) is 13.7. The molecule has 1 N–H and O–H groups in total. The number of rotatable bonds is 13. The van der Waals surface area contributed by atoms with E-state index in [1.54, 1.807) is 48.5 Å². The Balaban J connectivity index is 1.61. The molecule has 8 nitrogen and oxygen atoms in total. The average Bonchev–Trinajstić information content (AvgIpc) is 3.01. The van der Waals surface area contributed by atoms with E-state index < -0.39 is 28.5 Å². The highest BCUT2D eigenvalue weighted by atomic mass is 35.5. The van der Waals surface area contributed by atoms with E-state index in [1.165, 1.54) is 11.9 Å². The fourth-order valence-electron chi connectivity index (χ4n) is 4.57. The highest BCUT2D eigenvalue weighted by Crippen LogP contribution is 2.24. The number of likely N-dealkylation sites (N-methyl/N-ethyl adjacent to an activating group) is 1. The first-order valence-corrected chi connectivity index (χ1v) is 15.9. The molecule has 1 unspecified atom stereocenters. The molecule has 0 saturated heterocycles. The molecule has 224 valence electrons. The van der Waals surface area contributed by atoms with Gasteiger partial charge in [-0.15, -0.1) is 0 Å². The van der Waals surface area contributed by atoms with Crippen LogP contribution in [0.3, 0.4) is 0 Å². The second-order valence-electron chi connectivity index (χ2n) is 10.0. The maximum atomic E-state index is 14.0. The van der Waals surface area contributed by atoms with E-state index in [0.717, 1.165) is 27.3 Å². The summed E-state index contributed by atoms with van der Waals surface area (Å²) in [6, 6.07) is 31.6. The van der Waals surface area contributed by atoms with Gasteiger partial charge in [-0.1, -0.05) is 84.4 Å². The van der Waals surface area contributed by atoms with Gasteiger partial charge in [0.2, 0.25) is 21.8 Å². The highest BCUT2D eigenvalue weighted by molar-refractivity contribution is 7.92. The number of carbonyl (C=O) groups excluding carboxylic acids is 2. The zero-order chi connectivity index (χ0) is 30.8. The molecule has 0 aliphatic heterocycles. The highest BCUT2D eigenvalue weighted by Gasteiger charge is 2.32. The third-order valence-corrected chi connectivity index (χ3v) is 8.23. The van der Waals surface area contributed by atoms with Gasteiger partial charge >= 0.3 is 0 Å². The van der Waals surface area contributed by atoms with Gasteiger partial charge in [-0.2, -0.15) is 0 Å². The van der Waals surface area contributed by atoms with Crippen molar-refractivity contribution >= 4 is 39.1 Å². The normalized spacial score (nSPS) is 11.8. The van der Waals surface area contributed by atoms with E-state index in [1.807, 2.05) is 60.7 Å². The van der Waals surface area contributed by atoms with Crippen LogP contribution in [0.1, 0.15) is 16.7 Å². The molecule has 0 bridgehead atoms. The van der Waals surface area contributed by atoms with Gasteiger partial charge in [0.25, 0.3) is 0 Å². The number of hydrogen-bond donors (Lipinski definition) is 1. The van der Waals surface area contributed by atoms with E-state index in [2.05, 4.69) is 5.32 Å². The summed E-state index contributed by atoms with van der Waals surface area (Å²) in [5.74, 6) is -0.342. The molecule has 0 aromatic heterocycles. The molecule has 2 amide bonds. The molecule has 4 aromatic carbocycles. The fourth-order valence-corrected chi connectivity index (χ4v) is 5.55. The van der Waals surface area contributed by atoms with Crippen LogP contribution in [0.15, 0.2) is 109 Å². The third-order valence-electron chi connectivity index (χ3n) is 6.84. The maximum Gasteiger partial charge on any atom is 0.244 e. The molecule has 0 fully saturated rings. The van der Waals surface area contributed by atoms with Crippen LogP contribution < -0.4 is 14.4 Å². The minimum Gasteiger partial charge on any atom is -0.489 e. The number of ether oxygens (including phenoxy) is 1. The van der Waals surface area contributed by atoms with E-state index in [0.29, 0.717) is 23.1 Å². The van der Waals surface area contributed by atoms with Gasteiger partial charge in [0.1, 0.15) is 24.9 Å². The minimum atomic E-state index is -3.88. The number of anilines is 1. The molecule has 0 radical (unpaired) electrons. The maximum absolute atomic E-state index is 14.0. The van der Waals surface area contributed by atoms with Crippen LogP contribution in [0.4, 0.5) is 5.69 Å². The first-order chi connectivity index (χ1) is 20.6. The van der Waals surface area contributed by atoms with E-state index in [-0.39, 0.29) is 18.9 Å². The molecule has 0 heterocycles. The zero-order valence-corrected chi connectivity index (χ0v) is 25.6. The fraction of sp³-hybridized carbons (Fsp3) is 0.212. The number of amides is 2. The van der Waals surface area contributed by atoms with Gasteiger partial charge < -0.3 is 15.0 Å². The van der Waals surface area contributed by atoms with Crippen molar-refractivity contribution in [1.29, 1.82) is 0 Å². The van der Waals surface area contributed by atoms with Crippen molar-refractivity contribution in [2.45, 2.75) is 25.6 Å². The molecule has 4 aromatic rings.